The zero-order valence-electron chi connectivity index (χ0n) is 16.7. The number of nitro benzene ring substituents is 1. The first-order chi connectivity index (χ1) is 14.9. The van der Waals surface area contributed by atoms with Crippen LogP contribution in [0.3, 0.4) is 0 Å². The number of esters is 1. The van der Waals surface area contributed by atoms with E-state index < -0.39 is 23.0 Å². The van der Waals surface area contributed by atoms with Crippen molar-refractivity contribution in [3.63, 3.8) is 0 Å². The summed E-state index contributed by atoms with van der Waals surface area (Å²) in [7, 11) is 0. The highest BCUT2D eigenvalue weighted by molar-refractivity contribution is 6.31. The Morgan fingerprint density at radius 2 is 2.00 bits per heavy atom. The molecule has 0 unspecified atom stereocenters. The van der Waals surface area contributed by atoms with Gasteiger partial charge in [0.1, 0.15) is 0 Å². The van der Waals surface area contributed by atoms with Crippen molar-refractivity contribution in [1.82, 2.24) is 16.0 Å². The highest BCUT2D eigenvalue weighted by Crippen LogP contribution is 2.29. The van der Waals surface area contributed by atoms with Gasteiger partial charge in [0.05, 0.1) is 23.1 Å². The molecule has 0 saturated heterocycles. The molecule has 1 heterocycles. The van der Waals surface area contributed by atoms with Crippen molar-refractivity contribution in [3.05, 3.63) is 86.1 Å². The maximum Gasteiger partial charge on any atom is 0.338 e. The van der Waals surface area contributed by atoms with Crippen molar-refractivity contribution in [3.8, 4) is 0 Å². The highest BCUT2D eigenvalue weighted by Gasteiger charge is 2.34. The van der Waals surface area contributed by atoms with Gasteiger partial charge in [-0.05, 0) is 24.1 Å². The van der Waals surface area contributed by atoms with E-state index in [9.17, 15) is 19.7 Å². The van der Waals surface area contributed by atoms with E-state index in [1.54, 1.807) is 19.1 Å². The molecule has 31 heavy (non-hydrogen) atoms. The van der Waals surface area contributed by atoms with E-state index in [1.165, 1.54) is 18.2 Å². The zero-order chi connectivity index (χ0) is 22.4. The first-order valence-corrected chi connectivity index (χ1v) is 9.94. The van der Waals surface area contributed by atoms with Crippen LogP contribution in [-0.2, 0) is 16.1 Å². The van der Waals surface area contributed by atoms with Gasteiger partial charge < -0.3 is 20.7 Å². The predicted molar refractivity (Wildman–Crippen MR) is 114 cm³/mol. The quantitative estimate of drug-likeness (QED) is 0.326. The van der Waals surface area contributed by atoms with Gasteiger partial charge in [-0.1, -0.05) is 41.9 Å². The number of amides is 2. The first-order valence-electron chi connectivity index (χ1n) is 9.56. The molecule has 0 radical (unpaired) electrons. The lowest BCUT2D eigenvalue weighted by atomic mass is 9.94. The van der Waals surface area contributed by atoms with Crippen molar-refractivity contribution in [2.75, 3.05) is 13.2 Å². The molecule has 162 valence electrons. The third-order valence-electron chi connectivity index (χ3n) is 4.64. The average Bonchev–Trinajstić information content (AvgIpc) is 2.75. The van der Waals surface area contributed by atoms with Gasteiger partial charge in [-0.15, -0.1) is 0 Å². The van der Waals surface area contributed by atoms with Crippen molar-refractivity contribution >= 4 is 29.3 Å². The molecular formula is C21H21ClN4O5. The topological polar surface area (TPSA) is 123 Å². The van der Waals surface area contributed by atoms with E-state index in [0.29, 0.717) is 22.8 Å². The van der Waals surface area contributed by atoms with Crippen LogP contribution in [0.15, 0.2) is 59.8 Å². The van der Waals surface area contributed by atoms with E-state index in [0.717, 1.165) is 5.56 Å². The molecule has 1 atom stereocenters. The van der Waals surface area contributed by atoms with Crippen molar-refractivity contribution < 1.29 is 19.2 Å². The SMILES string of the molecule is CCOC(=O)C1=C(CNCc2ccccc2Cl)NC(=O)N[C@@H]1c1cccc([N+](=O)[O-])c1. The molecule has 3 rings (SSSR count). The molecule has 9 nitrogen and oxygen atoms in total. The Hall–Kier alpha value is -3.43. The third-order valence-corrected chi connectivity index (χ3v) is 5.01. The summed E-state index contributed by atoms with van der Waals surface area (Å²) in [4.78, 5) is 35.7. The van der Waals surface area contributed by atoms with E-state index in [4.69, 9.17) is 16.3 Å². The van der Waals surface area contributed by atoms with Gasteiger partial charge in [0, 0.05) is 35.9 Å². The van der Waals surface area contributed by atoms with Crippen LogP contribution in [0.5, 0.6) is 0 Å². The second-order valence-corrected chi connectivity index (χ2v) is 7.10. The Kier molecular flexibility index (Phi) is 7.22. The second-order valence-electron chi connectivity index (χ2n) is 6.69. The third kappa shape index (κ3) is 5.39. The zero-order valence-corrected chi connectivity index (χ0v) is 17.4. The van der Waals surface area contributed by atoms with Crippen molar-refractivity contribution in [1.29, 1.82) is 0 Å². The van der Waals surface area contributed by atoms with Crippen LogP contribution in [0, 0.1) is 10.1 Å². The number of halogens is 1. The minimum Gasteiger partial charge on any atom is -0.463 e. The van der Waals surface area contributed by atoms with Crippen LogP contribution in [0.1, 0.15) is 24.1 Å². The molecule has 0 spiro atoms. The van der Waals surface area contributed by atoms with Crippen LogP contribution < -0.4 is 16.0 Å². The number of nitrogens with zero attached hydrogens (tertiary/aromatic N) is 1. The van der Waals surface area contributed by atoms with E-state index in [2.05, 4.69) is 16.0 Å². The maximum absolute atomic E-state index is 12.8. The van der Waals surface area contributed by atoms with Gasteiger partial charge in [-0.3, -0.25) is 10.1 Å². The van der Waals surface area contributed by atoms with Crippen molar-refractivity contribution in [2.45, 2.75) is 19.5 Å². The lowest BCUT2D eigenvalue weighted by molar-refractivity contribution is -0.384. The van der Waals surface area contributed by atoms with Crippen LogP contribution in [0.4, 0.5) is 10.5 Å². The fourth-order valence-electron chi connectivity index (χ4n) is 3.24. The number of hydrogen-bond donors (Lipinski definition) is 3. The van der Waals surface area contributed by atoms with E-state index in [-0.39, 0.29) is 24.4 Å². The van der Waals surface area contributed by atoms with E-state index in [1.807, 2.05) is 18.2 Å². The molecule has 2 aromatic carbocycles. The molecule has 10 heteroatoms. The van der Waals surface area contributed by atoms with Gasteiger partial charge in [0.25, 0.3) is 5.69 Å². The first kappa shape index (κ1) is 22.3. The van der Waals surface area contributed by atoms with Gasteiger partial charge in [-0.25, -0.2) is 9.59 Å². The smallest absolute Gasteiger partial charge is 0.338 e. The molecule has 3 N–H and O–H groups in total. The summed E-state index contributed by atoms with van der Waals surface area (Å²) in [5, 5.41) is 20.2. The minimum absolute atomic E-state index is 0.137. The van der Waals surface area contributed by atoms with Gasteiger partial charge >= 0.3 is 12.0 Å². The molecule has 0 fully saturated rings. The molecule has 2 aromatic rings. The fourth-order valence-corrected chi connectivity index (χ4v) is 3.44. The summed E-state index contributed by atoms with van der Waals surface area (Å²) in [6, 6.07) is 11.7. The number of benzene rings is 2. The lowest BCUT2D eigenvalue weighted by Gasteiger charge is -2.29. The molecule has 0 saturated carbocycles. The fraction of sp³-hybridized carbons (Fsp3) is 0.238. The Morgan fingerprint density at radius 1 is 1.23 bits per heavy atom. The summed E-state index contributed by atoms with van der Waals surface area (Å²) in [6.07, 6.45) is 0. The predicted octanol–water partition coefficient (Wildman–Crippen LogP) is 3.21. The summed E-state index contributed by atoms with van der Waals surface area (Å²) >= 11 is 6.17. The standard InChI is InChI=1S/C21H21ClN4O5/c1-2-31-20(27)18-17(12-23-11-14-6-3-4-9-16(14)22)24-21(28)25-19(18)13-7-5-8-15(10-13)26(29)30/h3-10,19,23H,2,11-12H2,1H3,(H2,24,25,28)/t19-/m1/s1. The number of nitro groups is 1. The molecule has 0 aliphatic carbocycles. The Balaban J connectivity index is 1.93. The summed E-state index contributed by atoms with van der Waals surface area (Å²) in [6.45, 7) is 2.37. The molecular weight excluding hydrogens is 424 g/mol. The van der Waals surface area contributed by atoms with Crippen LogP contribution >= 0.6 is 11.6 Å². The minimum atomic E-state index is -0.898. The molecule has 2 amide bonds. The van der Waals surface area contributed by atoms with E-state index >= 15 is 0 Å². The van der Waals surface area contributed by atoms with Crippen LogP contribution in [-0.4, -0.2) is 30.1 Å². The van der Waals surface area contributed by atoms with Gasteiger partial charge in [-0.2, -0.15) is 0 Å². The number of nitrogens with one attached hydrogen (secondary N) is 3. The summed E-state index contributed by atoms with van der Waals surface area (Å²) in [5.74, 6) is -0.624. The van der Waals surface area contributed by atoms with Crippen LogP contribution in [0.25, 0.3) is 0 Å². The number of rotatable bonds is 8. The number of urea groups is 1. The largest absolute Gasteiger partial charge is 0.463 e. The molecule has 0 aromatic heterocycles. The normalized spacial score (nSPS) is 15.8. The molecule has 1 aliphatic heterocycles. The molecule has 1 aliphatic rings. The molecule has 0 bridgehead atoms. The number of carbonyl (C=O) groups excluding carboxylic acids is 2. The van der Waals surface area contributed by atoms with Gasteiger partial charge in [0.15, 0.2) is 0 Å². The Morgan fingerprint density at radius 3 is 2.71 bits per heavy atom. The Bertz CT molecular complexity index is 1040. The number of ether oxygens (including phenoxy) is 1. The van der Waals surface area contributed by atoms with Crippen LogP contribution in [0.2, 0.25) is 5.02 Å². The number of carbonyl (C=O) groups is 2. The van der Waals surface area contributed by atoms with Crippen molar-refractivity contribution in [2.24, 2.45) is 0 Å². The Labute approximate surface area is 183 Å². The summed E-state index contributed by atoms with van der Waals surface area (Å²) < 4.78 is 5.19. The maximum atomic E-state index is 12.8. The number of hydrogen-bond acceptors (Lipinski definition) is 6. The number of non-ortho nitro benzene ring substituents is 1. The second kappa shape index (κ2) is 10.1. The summed E-state index contributed by atoms with van der Waals surface area (Å²) in [5.41, 5.74) is 1.61. The lowest BCUT2D eigenvalue weighted by Crippen LogP contribution is -2.48. The average molecular weight is 445 g/mol. The highest BCUT2D eigenvalue weighted by atomic mass is 35.5. The monoisotopic (exact) mass is 444 g/mol. The van der Waals surface area contributed by atoms with Gasteiger partial charge in [0.2, 0.25) is 0 Å².